The average molecular weight is 2110 g/mol. The van der Waals surface area contributed by atoms with Crippen LogP contribution in [0.15, 0.2) is 46.7 Å². The fourth-order valence-corrected chi connectivity index (χ4v) is 20.1. The Morgan fingerprint density at radius 3 is 1.83 bits per heavy atom. The van der Waals surface area contributed by atoms with E-state index in [1.807, 2.05) is 43.4 Å². The van der Waals surface area contributed by atoms with Gasteiger partial charge in [0, 0.05) is 132 Å². The predicted molar refractivity (Wildman–Crippen MR) is 502 cm³/mol. The molecule has 4 saturated heterocycles. The molecule has 7 amide bonds. The van der Waals surface area contributed by atoms with Crippen molar-refractivity contribution in [2.45, 2.75) is 226 Å². The summed E-state index contributed by atoms with van der Waals surface area (Å²) in [6.45, 7) is 20.2. The predicted octanol–water partition coefficient (Wildman–Crippen LogP) is 2.07. The number of hydrogen-bond acceptors (Lipinski definition) is 39. The van der Waals surface area contributed by atoms with Crippen molar-refractivity contribution < 1.29 is 168 Å². The Bertz CT molecular complexity index is 4440. The number of thioether (sulfide) groups is 1. The molecule has 9 rings (SSSR count). The zero-order valence-corrected chi connectivity index (χ0v) is 84.1. The molecule has 1 aromatic carbocycles. The van der Waals surface area contributed by atoms with Crippen LogP contribution >= 0.6 is 55.9 Å². The number of aliphatic hydroxyl groups is 5. The summed E-state index contributed by atoms with van der Waals surface area (Å²) in [5, 5.41) is 69.1. The lowest BCUT2D eigenvalue weighted by atomic mass is 9.71. The number of alkyl carbamates (subject to hydrolysis) is 1. The number of ketones is 1. The van der Waals surface area contributed by atoms with Crippen molar-refractivity contribution in [1.82, 2.24) is 36.5 Å². The van der Waals surface area contributed by atoms with E-state index in [4.69, 9.17) is 99.6 Å². The molecule has 5 aliphatic heterocycles. The van der Waals surface area contributed by atoms with E-state index in [1.54, 1.807) is 38.7 Å². The van der Waals surface area contributed by atoms with Crippen LogP contribution in [0.25, 0.3) is 0 Å². The van der Waals surface area contributed by atoms with E-state index < -0.39 is 155 Å². The topological polar surface area (TPSA) is 515 Å². The van der Waals surface area contributed by atoms with Gasteiger partial charge in [-0.3, -0.25) is 53.4 Å². The Morgan fingerprint density at radius 2 is 1.26 bits per heavy atom. The monoisotopic (exact) mass is 2110 g/mol. The maximum atomic E-state index is 14.8. The van der Waals surface area contributed by atoms with Crippen LogP contribution in [0.2, 0.25) is 0 Å². The number of hydroxylamine groups is 1. The van der Waals surface area contributed by atoms with E-state index in [2.05, 4.69) is 50.4 Å². The molecule has 0 aromatic heterocycles. The standard InChI is InChI=1S/C91H132IN7O35S3/c1-14-98(57(6)100)60-52-127-69(49-63(60)114-9)131-82-77(109)74(97-134-70-48-61(101)84(56(5)128-70)136-85(111)71-53(2)73(92)80(83(117-12)79(71)115-10)132-86-78(110)81(116-11)76(108)55(4)130-86)54(3)129-87(82)133-91-26-19-58(50-91)16-15-24-90(113)51-62(102)75(96-88(112)118-13)72(91)59(90)23-47-135-137-89(7,8)25-20-64(103)93-27-28-94-66(105)22-31-119-33-35-121-37-39-123-41-43-125-45-46-126-44-42-124-40-38-122-36-34-120-32-29-95-65(104)21-30-99-67(106)17-18-68(99)107/h16-18,23,54-56,60-61,63,69-70,74,76-78,81-82,84,86-87,97,101,108-110,113H,14,20-22,25,27-52H2,1-13H3,(H,93,103)(H,94,105)(H,95,104)(H,96,112)/b58-16-,59-23+/t54-,55+,56-,60+,61+,63+,69+,70+,74-,76+,77+,78-,81-,82-,84-,86+,87+,90+,91-/m1/s1. The van der Waals surface area contributed by atoms with Gasteiger partial charge in [-0.2, -0.15) is 5.48 Å². The number of imide groups is 1. The molecular weight excluding hydrogens is 1970 g/mol. The average Bonchev–Trinajstić information content (AvgIpc) is 1.59. The first-order valence-corrected chi connectivity index (χ1v) is 49.7. The van der Waals surface area contributed by atoms with Gasteiger partial charge in [0.15, 0.2) is 47.4 Å². The summed E-state index contributed by atoms with van der Waals surface area (Å²) >= 11 is 2.78. The summed E-state index contributed by atoms with van der Waals surface area (Å²) in [7, 11) is 9.47. The number of rotatable bonds is 58. The van der Waals surface area contributed by atoms with Crippen LogP contribution in [0.4, 0.5) is 4.79 Å². The largest absolute Gasteiger partial charge is 0.492 e. The van der Waals surface area contributed by atoms with Gasteiger partial charge in [0.2, 0.25) is 40.8 Å². The van der Waals surface area contributed by atoms with Crippen LogP contribution < -0.4 is 41.0 Å². The molecule has 4 bridgehead atoms. The third-order valence-electron chi connectivity index (χ3n) is 23.2. The molecule has 137 heavy (non-hydrogen) atoms. The van der Waals surface area contributed by atoms with Crippen molar-refractivity contribution in [1.29, 1.82) is 0 Å². The van der Waals surface area contributed by atoms with Gasteiger partial charge in [-0.15, -0.1) is 0 Å². The molecule has 10 N–H and O–H groups in total. The maximum absolute atomic E-state index is 14.8. The number of nitrogens with zero attached hydrogens (tertiary/aromatic N) is 2. The van der Waals surface area contributed by atoms with Crippen LogP contribution in [0.1, 0.15) is 116 Å². The van der Waals surface area contributed by atoms with E-state index in [-0.39, 0.29) is 154 Å². The minimum absolute atomic E-state index is 0.00293. The number of benzene rings is 1. The van der Waals surface area contributed by atoms with E-state index in [9.17, 15) is 68.7 Å². The van der Waals surface area contributed by atoms with Crippen LogP contribution in [0.3, 0.4) is 0 Å². The Labute approximate surface area is 823 Å². The molecule has 0 spiro atoms. The van der Waals surface area contributed by atoms with Crippen molar-refractivity contribution in [3.05, 3.63) is 61.4 Å². The normalized spacial score (nSPS) is 28.1. The molecule has 8 aliphatic rings. The van der Waals surface area contributed by atoms with Crippen molar-refractivity contribution in [2.75, 3.05) is 186 Å². The number of nitrogens with one attached hydrogen (secondary N) is 5. The van der Waals surface area contributed by atoms with Gasteiger partial charge in [-0.1, -0.05) is 63.1 Å². The van der Waals surface area contributed by atoms with Gasteiger partial charge in [-0.05, 0) is 89.1 Å². The highest BCUT2D eigenvalue weighted by atomic mass is 127. The number of halogens is 1. The number of carbonyl (C=O) groups is 9. The Balaban J connectivity index is 0.715. The van der Waals surface area contributed by atoms with Gasteiger partial charge in [0.05, 0.1) is 203 Å². The van der Waals surface area contributed by atoms with Gasteiger partial charge < -0.3 is 141 Å². The number of hydrogen-bond donors (Lipinski definition) is 10. The second kappa shape index (κ2) is 56.9. The van der Waals surface area contributed by atoms with Gasteiger partial charge in [0.1, 0.15) is 30.5 Å². The number of aliphatic hydroxyl groups excluding tert-OH is 4. The molecule has 46 heteroatoms. The number of fused-ring (bicyclic) bond motifs is 5. The molecule has 0 radical (unpaired) electrons. The highest BCUT2D eigenvalue weighted by Gasteiger charge is 2.57. The number of carbonyl (C=O) groups excluding carboxylic acids is 9. The molecule has 1 aromatic rings. The van der Waals surface area contributed by atoms with Crippen LogP contribution in [0, 0.1) is 34.2 Å². The maximum Gasteiger partial charge on any atom is 0.411 e. The van der Waals surface area contributed by atoms with Crippen LogP contribution in [0.5, 0.6) is 17.2 Å². The molecule has 4 fully saturated rings. The van der Waals surface area contributed by atoms with Gasteiger partial charge >= 0.3 is 6.09 Å². The smallest absolute Gasteiger partial charge is 0.411 e. The lowest BCUT2D eigenvalue weighted by Crippen LogP contribution is -2.66. The lowest BCUT2D eigenvalue weighted by molar-refractivity contribution is -0.344. The second-order valence-corrected chi connectivity index (χ2v) is 38.6. The van der Waals surface area contributed by atoms with Crippen LogP contribution in [-0.4, -0.2) is 394 Å². The number of likely N-dealkylation sites (N-methyl/N-ethyl adjacent to an activating group) is 1. The van der Waals surface area contributed by atoms with Gasteiger partial charge in [0.25, 0.3) is 11.8 Å². The van der Waals surface area contributed by atoms with E-state index >= 15 is 0 Å². The number of Topliss-reactive ketones (excluding diaryl/α,β-unsaturated/α-hetero) is 1. The van der Waals surface area contributed by atoms with Gasteiger partial charge in [-0.25, -0.2) is 4.79 Å². The zero-order chi connectivity index (χ0) is 99.5. The quantitative estimate of drug-likeness (QED) is 0.0111. The van der Waals surface area contributed by atoms with E-state index in [0.29, 0.717) is 120 Å². The number of amides is 7. The second-order valence-electron chi connectivity index (χ2n) is 33.4. The first-order chi connectivity index (χ1) is 65.7. The molecule has 0 saturated carbocycles. The summed E-state index contributed by atoms with van der Waals surface area (Å²) in [4.78, 5) is 126. The summed E-state index contributed by atoms with van der Waals surface area (Å²) in [5.74, 6) is 9.70. The Hall–Kier alpha value is -6.81. The SMILES string of the molecule is CCN(C(C)=O)[C@H]1CO[C@@H](O[C@H]2[C@H](O[C@@]34C#C/C(=C/C#C[C@]5(O)CC(=O)C(NC(=O)OC)=C3/C5=C\CSSC(C)(C)CCC(=O)NCCNC(=O)CCOCCOCCOCCOCCOCCOCCOCCOCCNC(=O)CCN3C(=O)C=CC3=O)C4)O[C@H](C)[C@@H](NO[C@H]3C[C@H](O)[C@H](SC(=O)c4c(C)c(I)c(O[C@@H]5O[C@@H](C)[C@H](O)[C@@H](OC)[C@H]5O)c(OC)c4OC)[C@@H](C)O3)[C@@H]2O)C[C@@H]1OC. The molecule has 0 unspecified atom stereocenters. The molecular formula is C91H132IN7O35S3. The van der Waals surface area contributed by atoms with Crippen molar-refractivity contribution >= 4 is 108 Å². The third kappa shape index (κ3) is 32.9. The lowest BCUT2D eigenvalue weighted by Gasteiger charge is -2.49. The zero-order valence-electron chi connectivity index (χ0n) is 79.5. The highest BCUT2D eigenvalue weighted by Crippen LogP contribution is 2.52. The molecule has 5 heterocycles. The number of ether oxygens (including phenoxy) is 20. The Morgan fingerprint density at radius 1 is 0.672 bits per heavy atom. The summed E-state index contributed by atoms with van der Waals surface area (Å²) in [5.41, 5.74) is -0.798. The fourth-order valence-electron chi connectivity index (χ4n) is 15.9. The minimum Gasteiger partial charge on any atom is -0.492 e. The molecule has 766 valence electrons. The summed E-state index contributed by atoms with van der Waals surface area (Å²) < 4.78 is 118. The fraction of sp³-hybridized carbons (Fsp3) is 0.703. The first kappa shape index (κ1) is 114. The van der Waals surface area contributed by atoms with Crippen molar-refractivity contribution in [3.63, 3.8) is 0 Å². The first-order valence-electron chi connectivity index (χ1n) is 45.4. The molecule has 3 aliphatic carbocycles. The third-order valence-corrected chi connectivity index (χ3v) is 29.1. The van der Waals surface area contributed by atoms with Crippen LogP contribution in [-0.2, 0) is 119 Å². The summed E-state index contributed by atoms with van der Waals surface area (Å²) in [6.07, 6.45) is -12.8. The highest BCUT2D eigenvalue weighted by molar-refractivity contribution is 14.1. The molecule has 19 atom stereocenters. The van der Waals surface area contributed by atoms with Crippen molar-refractivity contribution in [2.24, 2.45) is 0 Å². The number of methoxy groups -OCH3 is 5. The molecule has 42 nitrogen and oxygen atoms in total. The van der Waals surface area contributed by atoms with Crippen molar-refractivity contribution in [3.8, 4) is 40.9 Å². The van der Waals surface area contributed by atoms with E-state index in [1.165, 1.54) is 75.2 Å². The number of allylic oxidation sites excluding steroid dienone is 2. The van der Waals surface area contributed by atoms with E-state index in [0.717, 1.165) is 23.8 Å². The minimum atomic E-state index is -2.22. The summed E-state index contributed by atoms with van der Waals surface area (Å²) in [6, 6.07) is -1.75. The Kier molecular flexibility index (Phi) is 47.2.